The van der Waals surface area contributed by atoms with Crippen LogP contribution in [0.3, 0.4) is 0 Å². The van der Waals surface area contributed by atoms with Crippen LogP contribution in [0.4, 0.5) is 0 Å². The molecule has 252 valence electrons. The van der Waals surface area contributed by atoms with E-state index in [9.17, 15) is 19.2 Å². The van der Waals surface area contributed by atoms with Gasteiger partial charge in [0.05, 0.1) is 23.7 Å². The smallest absolute Gasteiger partial charge is 0.373 e. The van der Waals surface area contributed by atoms with E-state index in [1.54, 1.807) is 0 Å². The summed E-state index contributed by atoms with van der Waals surface area (Å²) in [5.41, 5.74) is -1.77. The molecular weight excluding hydrogens is 580 g/mol. The standard InChI is InChI=1S/C34H52O8.CO2/c1-10-12-33(40-26(35)22-16-31(6,7)17-22)30(39-28(37)24-11-13-32(24,8)9)34(33,41-27(36)23-15-18(2)21(23)5)42-29(38)25-19(3)14-20(25)4;2-1-3/h18-25,30H,10-17H2,1-9H3;. The van der Waals surface area contributed by atoms with Crippen LogP contribution in [-0.4, -0.2) is 47.5 Å². The van der Waals surface area contributed by atoms with Crippen LogP contribution >= 0.6 is 0 Å². The van der Waals surface area contributed by atoms with Crippen LogP contribution in [0.1, 0.15) is 114 Å². The van der Waals surface area contributed by atoms with Crippen LogP contribution < -0.4 is 0 Å². The van der Waals surface area contributed by atoms with Gasteiger partial charge in [0.25, 0.3) is 0 Å². The van der Waals surface area contributed by atoms with Crippen LogP contribution in [0, 0.1) is 58.2 Å². The molecule has 0 radical (unpaired) electrons. The zero-order valence-electron chi connectivity index (χ0n) is 28.4. The largest absolute Gasteiger partial charge is 0.449 e. The lowest BCUT2D eigenvalue weighted by atomic mass is 9.62. The third-order valence-corrected chi connectivity index (χ3v) is 11.9. The Kier molecular flexibility index (Phi) is 9.72. The van der Waals surface area contributed by atoms with E-state index in [-0.39, 0.29) is 64.8 Å². The van der Waals surface area contributed by atoms with Gasteiger partial charge in [-0.15, -0.1) is 0 Å². The monoisotopic (exact) mass is 632 g/mol. The lowest BCUT2D eigenvalue weighted by Gasteiger charge is -2.42. The topological polar surface area (TPSA) is 139 Å². The van der Waals surface area contributed by atoms with Crippen LogP contribution in [0.15, 0.2) is 0 Å². The number of carbonyl (C=O) groups is 4. The molecule has 10 nitrogen and oxygen atoms in total. The lowest BCUT2D eigenvalue weighted by Crippen LogP contribution is -2.49. The highest BCUT2D eigenvalue weighted by Crippen LogP contribution is 2.63. The normalized spacial score (nSPS) is 40.2. The second-order valence-electron chi connectivity index (χ2n) is 16.2. The zero-order chi connectivity index (χ0) is 33.7. The second-order valence-corrected chi connectivity index (χ2v) is 16.2. The van der Waals surface area contributed by atoms with Gasteiger partial charge in [0.15, 0.2) is 0 Å². The summed E-state index contributed by atoms with van der Waals surface area (Å²) in [6, 6.07) is 0. The molecule has 9 unspecified atom stereocenters. The molecule has 0 saturated heterocycles. The Morgan fingerprint density at radius 2 is 1.36 bits per heavy atom. The van der Waals surface area contributed by atoms with Crippen molar-refractivity contribution in [3.63, 3.8) is 0 Å². The van der Waals surface area contributed by atoms with Crippen LogP contribution in [0.5, 0.6) is 0 Å². The molecule has 0 spiro atoms. The van der Waals surface area contributed by atoms with Crippen molar-refractivity contribution in [1.29, 1.82) is 0 Å². The molecule has 5 saturated carbocycles. The Hall–Kier alpha value is -2.74. The fraction of sp³-hybridized carbons (Fsp3) is 0.857. The van der Waals surface area contributed by atoms with E-state index in [1.807, 2.05) is 41.5 Å². The molecule has 45 heavy (non-hydrogen) atoms. The Morgan fingerprint density at radius 3 is 1.78 bits per heavy atom. The average molecular weight is 633 g/mol. The van der Waals surface area contributed by atoms with Crippen LogP contribution in [0.25, 0.3) is 0 Å². The molecule has 5 aliphatic rings. The SMILES string of the molecule is CCCC1(OC(=O)C2CC(C)(C)C2)C(OC(=O)C2CCC2(C)C)C1(OC(=O)C1CC(C)C1C)OC(=O)C1C(C)CC1C.O=C=O. The van der Waals surface area contributed by atoms with E-state index in [2.05, 4.69) is 20.8 Å². The van der Waals surface area contributed by atoms with Crippen molar-refractivity contribution in [3.8, 4) is 0 Å². The maximum absolute atomic E-state index is 13.8. The number of esters is 4. The number of rotatable bonds is 10. The Morgan fingerprint density at radius 1 is 0.778 bits per heavy atom. The van der Waals surface area contributed by atoms with E-state index < -0.39 is 41.4 Å². The van der Waals surface area contributed by atoms with Crippen molar-refractivity contribution in [3.05, 3.63) is 0 Å². The molecule has 5 rings (SSSR count). The highest BCUT2D eigenvalue weighted by atomic mass is 16.8. The minimum atomic E-state index is -2.00. The molecule has 9 atom stereocenters. The van der Waals surface area contributed by atoms with Gasteiger partial charge in [-0.2, -0.15) is 9.59 Å². The van der Waals surface area contributed by atoms with Crippen molar-refractivity contribution in [2.24, 2.45) is 58.2 Å². The first-order valence-corrected chi connectivity index (χ1v) is 16.8. The van der Waals surface area contributed by atoms with E-state index in [0.717, 1.165) is 12.8 Å². The van der Waals surface area contributed by atoms with E-state index in [1.165, 1.54) is 0 Å². The van der Waals surface area contributed by atoms with Crippen molar-refractivity contribution < 1.29 is 47.7 Å². The first kappa shape index (κ1) is 35.1. The van der Waals surface area contributed by atoms with Gasteiger partial charge >= 0.3 is 35.8 Å². The molecule has 0 aromatic heterocycles. The van der Waals surface area contributed by atoms with Crippen molar-refractivity contribution >= 4 is 30.0 Å². The van der Waals surface area contributed by atoms with E-state index in [4.69, 9.17) is 28.5 Å². The lowest BCUT2D eigenvalue weighted by molar-refractivity contribution is -0.236. The molecule has 0 aromatic rings. The third kappa shape index (κ3) is 6.20. The van der Waals surface area contributed by atoms with Gasteiger partial charge in [0, 0.05) is 0 Å². The minimum absolute atomic E-state index is 0.0381. The maximum atomic E-state index is 13.8. The summed E-state index contributed by atoms with van der Waals surface area (Å²) < 4.78 is 24.9. The first-order valence-electron chi connectivity index (χ1n) is 16.8. The van der Waals surface area contributed by atoms with Crippen molar-refractivity contribution in [2.75, 3.05) is 0 Å². The summed E-state index contributed by atoms with van der Waals surface area (Å²) in [7, 11) is 0. The van der Waals surface area contributed by atoms with Gasteiger partial charge in [0.1, 0.15) is 0 Å². The van der Waals surface area contributed by atoms with Gasteiger partial charge in [-0.25, -0.2) is 0 Å². The Bertz CT molecular complexity index is 1200. The summed E-state index contributed by atoms with van der Waals surface area (Å²) in [5, 5.41) is 0. The first-order chi connectivity index (χ1) is 20.9. The van der Waals surface area contributed by atoms with Gasteiger partial charge < -0.3 is 18.9 Å². The number of hydrogen-bond donors (Lipinski definition) is 0. The van der Waals surface area contributed by atoms with Gasteiger partial charge in [-0.3, -0.25) is 19.2 Å². The fourth-order valence-electron chi connectivity index (χ4n) is 8.44. The molecule has 5 aliphatic carbocycles. The Labute approximate surface area is 267 Å². The summed E-state index contributed by atoms with van der Waals surface area (Å²) in [5.74, 6) is -4.49. The van der Waals surface area contributed by atoms with Crippen LogP contribution in [0.2, 0.25) is 0 Å². The zero-order valence-corrected chi connectivity index (χ0v) is 28.4. The molecule has 0 amide bonds. The summed E-state index contributed by atoms with van der Waals surface area (Å²) >= 11 is 0. The summed E-state index contributed by atoms with van der Waals surface area (Å²) in [6.45, 7) is 18.3. The van der Waals surface area contributed by atoms with Crippen LogP contribution in [-0.2, 0) is 47.7 Å². The third-order valence-electron chi connectivity index (χ3n) is 11.9. The van der Waals surface area contributed by atoms with E-state index in [0.29, 0.717) is 38.0 Å². The fourth-order valence-corrected chi connectivity index (χ4v) is 8.44. The highest BCUT2D eigenvalue weighted by molar-refractivity contribution is 5.81. The highest BCUT2D eigenvalue weighted by Gasteiger charge is 2.90. The van der Waals surface area contributed by atoms with Gasteiger partial charge in [-0.1, -0.05) is 68.7 Å². The molecule has 0 aromatic carbocycles. The van der Waals surface area contributed by atoms with E-state index >= 15 is 0 Å². The maximum Gasteiger partial charge on any atom is 0.373 e. The number of hydrogen-bond acceptors (Lipinski definition) is 10. The number of ether oxygens (including phenoxy) is 4. The average Bonchev–Trinajstić information content (AvgIpc) is 3.39. The summed E-state index contributed by atoms with van der Waals surface area (Å²) in [6.07, 6.45) is 4.31. The van der Waals surface area contributed by atoms with Crippen molar-refractivity contribution in [1.82, 2.24) is 0 Å². The van der Waals surface area contributed by atoms with Gasteiger partial charge in [0.2, 0.25) is 11.7 Å². The minimum Gasteiger partial charge on any atom is -0.449 e. The summed E-state index contributed by atoms with van der Waals surface area (Å²) in [4.78, 5) is 70.9. The molecular formula is C35H52O10. The Balaban J connectivity index is 0.00000148. The molecule has 0 heterocycles. The second kappa shape index (κ2) is 12.5. The van der Waals surface area contributed by atoms with Crippen molar-refractivity contribution in [2.45, 2.75) is 131 Å². The molecule has 0 N–H and O–H groups in total. The van der Waals surface area contributed by atoms with Gasteiger partial charge in [-0.05, 0) is 79.4 Å². The molecule has 0 aliphatic heterocycles. The predicted octanol–water partition coefficient (Wildman–Crippen LogP) is 5.65. The molecule has 0 bridgehead atoms. The predicted molar refractivity (Wildman–Crippen MR) is 159 cm³/mol. The quantitative estimate of drug-likeness (QED) is 0.169. The molecule has 10 heteroatoms. The molecule has 5 fully saturated rings. The number of carbonyl (C=O) groups excluding carboxylic acids is 6.